The van der Waals surface area contributed by atoms with E-state index < -0.39 is 0 Å². The standard InChI is InChI=1S/C18H15N5O2S/c1-19-16(24)12-4-2-5-13(10-12)23-17(25)15-11-14(6-9-20-15)26-18-21-7-3-8-22-18/h2-11H,1H3,(H,19,24)(H,23,25). The summed E-state index contributed by atoms with van der Waals surface area (Å²) in [4.78, 5) is 37.3. The van der Waals surface area contributed by atoms with Gasteiger partial charge in [-0.25, -0.2) is 9.97 Å². The second-order valence-electron chi connectivity index (χ2n) is 5.12. The minimum atomic E-state index is -0.365. The van der Waals surface area contributed by atoms with Crippen LogP contribution in [0.15, 0.2) is 71.1 Å². The predicted octanol–water partition coefficient (Wildman–Crippen LogP) is 2.63. The molecule has 1 aromatic carbocycles. The molecule has 0 aliphatic carbocycles. The number of carbonyl (C=O) groups excluding carboxylic acids is 2. The third kappa shape index (κ3) is 4.42. The number of aromatic nitrogens is 3. The summed E-state index contributed by atoms with van der Waals surface area (Å²) in [7, 11) is 1.55. The zero-order chi connectivity index (χ0) is 18.4. The zero-order valence-electron chi connectivity index (χ0n) is 13.8. The summed E-state index contributed by atoms with van der Waals surface area (Å²) in [6, 6.07) is 11.9. The summed E-state index contributed by atoms with van der Waals surface area (Å²) in [5, 5.41) is 5.88. The molecular formula is C18H15N5O2S. The van der Waals surface area contributed by atoms with Crippen LogP contribution >= 0.6 is 11.8 Å². The van der Waals surface area contributed by atoms with E-state index in [1.165, 1.54) is 11.8 Å². The van der Waals surface area contributed by atoms with Gasteiger partial charge in [-0.3, -0.25) is 14.6 Å². The number of nitrogens with zero attached hydrogens (tertiary/aromatic N) is 3. The topological polar surface area (TPSA) is 96.9 Å². The SMILES string of the molecule is CNC(=O)c1cccc(NC(=O)c2cc(Sc3ncccn3)ccn2)c1. The summed E-state index contributed by atoms with van der Waals surface area (Å²) >= 11 is 1.34. The van der Waals surface area contributed by atoms with Crippen LogP contribution in [0.1, 0.15) is 20.8 Å². The third-order valence-electron chi connectivity index (χ3n) is 3.32. The van der Waals surface area contributed by atoms with Gasteiger partial charge in [-0.2, -0.15) is 0 Å². The lowest BCUT2D eigenvalue weighted by atomic mass is 10.2. The first-order valence-electron chi connectivity index (χ1n) is 7.70. The smallest absolute Gasteiger partial charge is 0.274 e. The van der Waals surface area contributed by atoms with Gasteiger partial charge in [-0.15, -0.1) is 0 Å². The first kappa shape index (κ1) is 17.6. The maximum Gasteiger partial charge on any atom is 0.274 e. The maximum absolute atomic E-state index is 12.5. The van der Waals surface area contributed by atoms with Gasteiger partial charge in [0, 0.05) is 41.8 Å². The van der Waals surface area contributed by atoms with Crippen LogP contribution in [0.25, 0.3) is 0 Å². The van der Waals surface area contributed by atoms with E-state index in [-0.39, 0.29) is 17.5 Å². The van der Waals surface area contributed by atoms with E-state index in [1.54, 1.807) is 68.1 Å². The van der Waals surface area contributed by atoms with Crippen LogP contribution in [0.2, 0.25) is 0 Å². The number of rotatable bonds is 5. The average Bonchev–Trinajstić information content (AvgIpc) is 2.68. The minimum absolute atomic E-state index is 0.222. The van der Waals surface area contributed by atoms with Crippen molar-refractivity contribution in [2.75, 3.05) is 12.4 Å². The number of amides is 2. The number of carbonyl (C=O) groups is 2. The molecule has 0 fully saturated rings. The highest BCUT2D eigenvalue weighted by Gasteiger charge is 2.11. The molecule has 0 aliphatic heterocycles. The second kappa shape index (κ2) is 8.21. The maximum atomic E-state index is 12.5. The summed E-state index contributed by atoms with van der Waals surface area (Å²) in [6.45, 7) is 0. The van der Waals surface area contributed by atoms with Crippen molar-refractivity contribution in [1.82, 2.24) is 20.3 Å². The minimum Gasteiger partial charge on any atom is -0.355 e. The van der Waals surface area contributed by atoms with Gasteiger partial charge in [0.15, 0.2) is 5.16 Å². The lowest BCUT2D eigenvalue weighted by Gasteiger charge is -2.07. The first-order chi connectivity index (χ1) is 12.7. The number of pyridine rings is 1. The first-order valence-corrected chi connectivity index (χ1v) is 8.52. The molecule has 0 unspecified atom stereocenters. The van der Waals surface area contributed by atoms with Crippen LogP contribution in [-0.4, -0.2) is 33.8 Å². The molecular weight excluding hydrogens is 350 g/mol. The van der Waals surface area contributed by atoms with E-state index in [4.69, 9.17) is 0 Å². The van der Waals surface area contributed by atoms with Crippen LogP contribution in [0.5, 0.6) is 0 Å². The number of hydrogen-bond acceptors (Lipinski definition) is 6. The molecule has 0 saturated carbocycles. The lowest BCUT2D eigenvalue weighted by Crippen LogP contribution is -2.18. The van der Waals surface area contributed by atoms with Crippen molar-refractivity contribution < 1.29 is 9.59 Å². The molecule has 2 aromatic heterocycles. The number of anilines is 1. The van der Waals surface area contributed by atoms with E-state index in [0.29, 0.717) is 16.4 Å². The number of benzene rings is 1. The van der Waals surface area contributed by atoms with E-state index in [2.05, 4.69) is 25.6 Å². The Morgan fingerprint density at radius 1 is 0.923 bits per heavy atom. The second-order valence-corrected chi connectivity index (χ2v) is 6.16. The lowest BCUT2D eigenvalue weighted by molar-refractivity contribution is 0.0961. The van der Waals surface area contributed by atoms with Crippen molar-refractivity contribution in [3.05, 3.63) is 72.3 Å². The van der Waals surface area contributed by atoms with Crippen LogP contribution in [0, 0.1) is 0 Å². The molecule has 0 aliphatic rings. The quantitative estimate of drug-likeness (QED) is 0.675. The Morgan fingerprint density at radius 2 is 1.73 bits per heavy atom. The number of nitrogens with one attached hydrogen (secondary N) is 2. The molecule has 3 aromatic rings. The molecule has 26 heavy (non-hydrogen) atoms. The molecule has 8 heteroatoms. The van der Waals surface area contributed by atoms with Gasteiger partial charge in [0.1, 0.15) is 5.69 Å². The molecule has 2 heterocycles. The van der Waals surface area contributed by atoms with Crippen molar-refractivity contribution in [3.8, 4) is 0 Å². The van der Waals surface area contributed by atoms with Crippen LogP contribution in [0.3, 0.4) is 0 Å². The molecule has 2 amide bonds. The fraction of sp³-hybridized carbons (Fsp3) is 0.0556. The highest BCUT2D eigenvalue weighted by atomic mass is 32.2. The number of hydrogen-bond donors (Lipinski definition) is 2. The molecule has 0 bridgehead atoms. The molecule has 0 radical (unpaired) electrons. The molecule has 0 atom stereocenters. The Hall–Kier alpha value is -3.26. The Balaban J connectivity index is 1.74. The van der Waals surface area contributed by atoms with Crippen molar-refractivity contribution in [2.24, 2.45) is 0 Å². The molecule has 0 spiro atoms. The Kier molecular flexibility index (Phi) is 5.55. The normalized spacial score (nSPS) is 10.2. The molecule has 0 saturated heterocycles. The van der Waals surface area contributed by atoms with Gasteiger partial charge in [-0.05, 0) is 48.2 Å². The summed E-state index contributed by atoms with van der Waals surface area (Å²) in [5.41, 5.74) is 1.24. The average molecular weight is 365 g/mol. The van der Waals surface area contributed by atoms with Gasteiger partial charge >= 0.3 is 0 Å². The van der Waals surface area contributed by atoms with Gasteiger partial charge in [-0.1, -0.05) is 6.07 Å². The highest BCUT2D eigenvalue weighted by molar-refractivity contribution is 7.99. The van der Waals surface area contributed by atoms with Gasteiger partial charge in [0.2, 0.25) is 0 Å². The van der Waals surface area contributed by atoms with Crippen molar-refractivity contribution >= 4 is 29.3 Å². The van der Waals surface area contributed by atoms with Gasteiger partial charge < -0.3 is 10.6 Å². The van der Waals surface area contributed by atoms with Crippen molar-refractivity contribution in [1.29, 1.82) is 0 Å². The highest BCUT2D eigenvalue weighted by Crippen LogP contribution is 2.24. The fourth-order valence-corrected chi connectivity index (χ4v) is 2.86. The molecule has 3 rings (SSSR count). The van der Waals surface area contributed by atoms with E-state index in [9.17, 15) is 9.59 Å². The third-order valence-corrected chi connectivity index (χ3v) is 4.21. The summed E-state index contributed by atoms with van der Waals surface area (Å²) in [6.07, 6.45) is 4.87. The Bertz CT molecular complexity index is 934. The summed E-state index contributed by atoms with van der Waals surface area (Å²) in [5.74, 6) is -0.587. The molecule has 7 nitrogen and oxygen atoms in total. The zero-order valence-corrected chi connectivity index (χ0v) is 14.7. The Labute approximate surface area is 154 Å². The Morgan fingerprint density at radius 3 is 2.50 bits per heavy atom. The van der Waals surface area contributed by atoms with E-state index in [1.807, 2.05) is 0 Å². The molecule has 2 N–H and O–H groups in total. The van der Waals surface area contributed by atoms with Crippen LogP contribution < -0.4 is 10.6 Å². The van der Waals surface area contributed by atoms with Crippen LogP contribution in [-0.2, 0) is 0 Å². The van der Waals surface area contributed by atoms with E-state index in [0.717, 1.165) is 4.90 Å². The van der Waals surface area contributed by atoms with Crippen molar-refractivity contribution in [3.63, 3.8) is 0 Å². The predicted molar refractivity (Wildman–Crippen MR) is 98.2 cm³/mol. The fourth-order valence-electron chi connectivity index (χ4n) is 2.12. The largest absolute Gasteiger partial charge is 0.355 e. The summed E-state index contributed by atoms with van der Waals surface area (Å²) < 4.78 is 0. The molecule has 130 valence electrons. The van der Waals surface area contributed by atoms with Gasteiger partial charge in [0.05, 0.1) is 0 Å². The van der Waals surface area contributed by atoms with Crippen molar-refractivity contribution in [2.45, 2.75) is 10.1 Å². The van der Waals surface area contributed by atoms with Crippen LogP contribution in [0.4, 0.5) is 5.69 Å². The van der Waals surface area contributed by atoms with E-state index >= 15 is 0 Å². The monoisotopic (exact) mass is 365 g/mol. The van der Waals surface area contributed by atoms with Gasteiger partial charge in [0.25, 0.3) is 11.8 Å².